The fourth-order valence-electron chi connectivity index (χ4n) is 4.01. The Balaban J connectivity index is 1.64. The van der Waals surface area contributed by atoms with Gasteiger partial charge in [0.1, 0.15) is 18.2 Å². The molecule has 4 rings (SSSR count). The van der Waals surface area contributed by atoms with Gasteiger partial charge in [-0.05, 0) is 65.6 Å². The molecule has 0 N–H and O–H groups in total. The van der Waals surface area contributed by atoms with Gasteiger partial charge in [0, 0.05) is 12.6 Å². The molecule has 3 aromatic rings. The number of hydrogen-bond acceptors (Lipinski definition) is 4. The molecule has 0 saturated heterocycles. The van der Waals surface area contributed by atoms with Gasteiger partial charge >= 0.3 is 0 Å². The standard InChI is InChI=1S/C27H26FNO4/c1-31-25-16-20-14-15-29(27(30)13-8-19-6-4-3-5-7-19)24(23(20)17-26(25)32-2)18-33-22-11-9-21(28)10-12-22/h3-13,16-17,24H,14-15,18H2,1-2H3. The smallest absolute Gasteiger partial charge is 0.247 e. The molecule has 1 heterocycles. The fourth-order valence-corrected chi connectivity index (χ4v) is 4.01. The molecule has 1 unspecified atom stereocenters. The number of fused-ring (bicyclic) bond motifs is 1. The zero-order valence-electron chi connectivity index (χ0n) is 18.7. The molecule has 0 saturated carbocycles. The SMILES string of the molecule is COc1cc2c(cc1OC)C(COc1ccc(F)cc1)N(C(=O)C=Cc1ccccc1)CC2. The topological polar surface area (TPSA) is 48.0 Å². The van der Waals surface area contributed by atoms with Crippen molar-refractivity contribution in [2.24, 2.45) is 0 Å². The first-order chi connectivity index (χ1) is 16.1. The highest BCUT2D eigenvalue weighted by molar-refractivity contribution is 5.92. The minimum atomic E-state index is -0.341. The largest absolute Gasteiger partial charge is 0.493 e. The summed E-state index contributed by atoms with van der Waals surface area (Å²) in [7, 11) is 3.19. The number of hydrogen-bond donors (Lipinski definition) is 0. The third kappa shape index (κ3) is 5.17. The summed E-state index contributed by atoms with van der Waals surface area (Å²) in [5.74, 6) is 1.35. The minimum absolute atomic E-state index is 0.105. The normalized spacial score (nSPS) is 15.2. The molecule has 3 aromatic carbocycles. The molecule has 5 nitrogen and oxygen atoms in total. The Bertz CT molecular complexity index is 1130. The van der Waals surface area contributed by atoms with Crippen LogP contribution in [0.1, 0.15) is 22.7 Å². The Kier molecular flexibility index (Phi) is 6.93. The monoisotopic (exact) mass is 447 g/mol. The highest BCUT2D eigenvalue weighted by Crippen LogP contribution is 2.38. The summed E-state index contributed by atoms with van der Waals surface area (Å²) < 4.78 is 30.2. The van der Waals surface area contributed by atoms with Gasteiger partial charge in [0.05, 0.1) is 20.3 Å². The molecule has 33 heavy (non-hydrogen) atoms. The average Bonchev–Trinajstić information content (AvgIpc) is 2.86. The van der Waals surface area contributed by atoms with E-state index < -0.39 is 0 Å². The van der Waals surface area contributed by atoms with Crippen LogP contribution in [0.3, 0.4) is 0 Å². The molecule has 0 aromatic heterocycles. The number of ether oxygens (including phenoxy) is 3. The molecule has 1 atom stereocenters. The number of amides is 1. The summed E-state index contributed by atoms with van der Waals surface area (Å²) in [4.78, 5) is 15.0. The van der Waals surface area contributed by atoms with Gasteiger partial charge in [0.25, 0.3) is 0 Å². The first-order valence-electron chi connectivity index (χ1n) is 10.8. The van der Waals surface area contributed by atoms with E-state index >= 15 is 0 Å². The quantitative estimate of drug-likeness (QED) is 0.475. The maximum atomic E-state index is 13.3. The summed E-state index contributed by atoms with van der Waals surface area (Å²) in [6.45, 7) is 0.761. The number of halogens is 1. The van der Waals surface area contributed by atoms with E-state index in [1.54, 1.807) is 37.3 Å². The molecule has 0 spiro atoms. The second-order valence-electron chi connectivity index (χ2n) is 7.71. The van der Waals surface area contributed by atoms with E-state index in [0.717, 1.165) is 16.7 Å². The van der Waals surface area contributed by atoms with Crippen LogP contribution in [-0.4, -0.2) is 38.2 Å². The lowest BCUT2D eigenvalue weighted by molar-refractivity contribution is -0.129. The summed E-state index contributed by atoms with van der Waals surface area (Å²) in [5, 5.41) is 0. The van der Waals surface area contributed by atoms with Crippen LogP contribution in [0.2, 0.25) is 0 Å². The maximum Gasteiger partial charge on any atom is 0.247 e. The van der Waals surface area contributed by atoms with Crippen LogP contribution < -0.4 is 14.2 Å². The van der Waals surface area contributed by atoms with Gasteiger partial charge in [-0.1, -0.05) is 30.3 Å². The second-order valence-corrected chi connectivity index (χ2v) is 7.71. The van der Waals surface area contributed by atoms with Crippen molar-refractivity contribution in [3.05, 3.63) is 95.3 Å². The number of methoxy groups -OCH3 is 2. The second kappa shape index (κ2) is 10.2. The van der Waals surface area contributed by atoms with Crippen LogP contribution in [0, 0.1) is 5.82 Å². The number of carbonyl (C=O) groups excluding carboxylic acids is 1. The van der Waals surface area contributed by atoms with Gasteiger partial charge < -0.3 is 19.1 Å². The molecule has 0 bridgehead atoms. The Morgan fingerprint density at radius 3 is 2.42 bits per heavy atom. The van der Waals surface area contributed by atoms with Crippen molar-refractivity contribution >= 4 is 12.0 Å². The average molecular weight is 448 g/mol. The Morgan fingerprint density at radius 1 is 1.03 bits per heavy atom. The minimum Gasteiger partial charge on any atom is -0.493 e. The van der Waals surface area contributed by atoms with Gasteiger partial charge in [0.2, 0.25) is 5.91 Å². The van der Waals surface area contributed by atoms with Gasteiger partial charge in [-0.25, -0.2) is 4.39 Å². The molecule has 1 aliphatic heterocycles. The number of carbonyl (C=O) groups is 1. The predicted molar refractivity (Wildman–Crippen MR) is 125 cm³/mol. The van der Waals surface area contributed by atoms with Gasteiger partial charge in [0.15, 0.2) is 11.5 Å². The third-order valence-electron chi connectivity index (χ3n) is 5.73. The molecular formula is C27H26FNO4. The van der Waals surface area contributed by atoms with Crippen LogP contribution >= 0.6 is 0 Å². The van der Waals surface area contributed by atoms with Crippen molar-refractivity contribution in [2.45, 2.75) is 12.5 Å². The first kappa shape index (κ1) is 22.4. The molecule has 0 aliphatic carbocycles. The van der Waals surface area contributed by atoms with E-state index in [2.05, 4.69) is 0 Å². The molecule has 6 heteroatoms. The van der Waals surface area contributed by atoms with Crippen molar-refractivity contribution in [1.29, 1.82) is 0 Å². The first-order valence-corrected chi connectivity index (χ1v) is 10.8. The summed E-state index contributed by atoms with van der Waals surface area (Å²) in [5.41, 5.74) is 2.98. The molecular weight excluding hydrogens is 421 g/mol. The van der Waals surface area contributed by atoms with E-state index in [9.17, 15) is 9.18 Å². The Hall–Kier alpha value is -3.80. The van der Waals surface area contributed by atoms with Crippen LogP contribution in [-0.2, 0) is 11.2 Å². The maximum absolute atomic E-state index is 13.3. The summed E-state index contributed by atoms with van der Waals surface area (Å²) in [6, 6.07) is 19.1. The van der Waals surface area contributed by atoms with Crippen molar-refractivity contribution in [3.8, 4) is 17.2 Å². The van der Waals surface area contributed by atoms with E-state index in [4.69, 9.17) is 14.2 Å². The number of benzene rings is 3. The molecule has 1 aliphatic rings. The molecule has 0 fully saturated rings. The fraction of sp³-hybridized carbons (Fsp3) is 0.222. The lowest BCUT2D eigenvalue weighted by Crippen LogP contribution is -2.41. The third-order valence-corrected chi connectivity index (χ3v) is 5.73. The van der Waals surface area contributed by atoms with Crippen molar-refractivity contribution in [3.63, 3.8) is 0 Å². The van der Waals surface area contributed by atoms with E-state index in [-0.39, 0.29) is 24.4 Å². The molecule has 170 valence electrons. The van der Waals surface area contributed by atoms with Crippen molar-refractivity contribution < 1.29 is 23.4 Å². The van der Waals surface area contributed by atoms with Crippen molar-refractivity contribution in [1.82, 2.24) is 4.90 Å². The lowest BCUT2D eigenvalue weighted by atomic mass is 9.92. The number of rotatable bonds is 7. The van der Waals surface area contributed by atoms with Crippen LogP contribution in [0.15, 0.2) is 72.8 Å². The van der Waals surface area contributed by atoms with Crippen LogP contribution in [0.5, 0.6) is 17.2 Å². The van der Waals surface area contributed by atoms with Gasteiger partial charge in [-0.2, -0.15) is 0 Å². The van der Waals surface area contributed by atoms with E-state index in [1.165, 1.54) is 12.1 Å². The zero-order chi connectivity index (χ0) is 23.2. The van der Waals surface area contributed by atoms with Crippen LogP contribution in [0.25, 0.3) is 6.08 Å². The Morgan fingerprint density at radius 2 is 1.73 bits per heavy atom. The van der Waals surface area contributed by atoms with Crippen molar-refractivity contribution in [2.75, 3.05) is 27.4 Å². The van der Waals surface area contributed by atoms with E-state index in [1.807, 2.05) is 48.5 Å². The summed E-state index contributed by atoms with van der Waals surface area (Å²) in [6.07, 6.45) is 4.09. The van der Waals surface area contributed by atoms with E-state index in [0.29, 0.717) is 30.2 Å². The van der Waals surface area contributed by atoms with Gasteiger partial charge in [-0.3, -0.25) is 4.79 Å². The lowest BCUT2D eigenvalue weighted by Gasteiger charge is -2.37. The Labute approximate surface area is 193 Å². The highest BCUT2D eigenvalue weighted by Gasteiger charge is 2.32. The molecule has 0 radical (unpaired) electrons. The number of nitrogens with zero attached hydrogens (tertiary/aromatic N) is 1. The zero-order valence-corrected chi connectivity index (χ0v) is 18.7. The van der Waals surface area contributed by atoms with Crippen LogP contribution in [0.4, 0.5) is 4.39 Å². The predicted octanol–water partition coefficient (Wildman–Crippen LogP) is 5.06. The molecule has 1 amide bonds. The highest BCUT2D eigenvalue weighted by atomic mass is 19.1. The van der Waals surface area contributed by atoms with Gasteiger partial charge in [-0.15, -0.1) is 0 Å². The summed E-state index contributed by atoms with van der Waals surface area (Å²) >= 11 is 0.